The zero-order valence-corrected chi connectivity index (χ0v) is 22.2. The number of aromatic nitrogens is 4. The van der Waals surface area contributed by atoms with Crippen LogP contribution in [0.5, 0.6) is 0 Å². The molecule has 10 heteroatoms. The van der Waals surface area contributed by atoms with Crippen molar-refractivity contribution >= 4 is 34.9 Å². The Morgan fingerprint density at radius 3 is 2.61 bits per heavy atom. The summed E-state index contributed by atoms with van der Waals surface area (Å²) in [5, 5.41) is 3.82. The first-order valence-electron chi connectivity index (χ1n) is 12.7. The molecule has 1 atom stereocenters. The molecular formula is C26H35ClN8O. The van der Waals surface area contributed by atoms with Crippen LogP contribution in [0, 0.1) is 5.92 Å². The number of anilines is 2. The third-order valence-electron chi connectivity index (χ3n) is 7.61. The lowest BCUT2D eigenvalue weighted by atomic mass is 9.93. The first-order chi connectivity index (χ1) is 17.2. The summed E-state index contributed by atoms with van der Waals surface area (Å²) in [5.41, 5.74) is 1.29. The summed E-state index contributed by atoms with van der Waals surface area (Å²) >= 11 is 6.53. The smallest absolute Gasteiger partial charge is 0.227 e. The molecule has 0 spiro atoms. The molecule has 3 aromatic heterocycles. The molecule has 2 fully saturated rings. The maximum Gasteiger partial charge on any atom is 0.227 e. The average molecular weight is 511 g/mol. The summed E-state index contributed by atoms with van der Waals surface area (Å²) in [6.45, 7) is 10.5. The van der Waals surface area contributed by atoms with Crippen LogP contribution in [0.25, 0.3) is 5.65 Å². The van der Waals surface area contributed by atoms with Crippen molar-refractivity contribution in [2.75, 3.05) is 49.6 Å². The van der Waals surface area contributed by atoms with Gasteiger partial charge in [0.05, 0.1) is 23.6 Å². The molecule has 0 aromatic carbocycles. The Kier molecular flexibility index (Phi) is 6.78. The van der Waals surface area contributed by atoms with Crippen LogP contribution in [0.15, 0.2) is 36.8 Å². The van der Waals surface area contributed by atoms with Crippen LogP contribution in [-0.2, 0) is 10.3 Å². The summed E-state index contributed by atoms with van der Waals surface area (Å²) in [7, 11) is 2.15. The molecule has 2 aliphatic heterocycles. The molecule has 2 saturated heterocycles. The number of carbonyl (C=O) groups is 1. The van der Waals surface area contributed by atoms with E-state index >= 15 is 0 Å². The highest BCUT2D eigenvalue weighted by molar-refractivity contribution is 6.32. The standard InChI is InChI=1S/C26H35ClN8O/c1-18-17-34(14-13-32(18)4)25-29-15-20(27)23(30-25)33-11-8-19(9-12-33)24(36)31-26(2,3)21-16-28-22-7-5-6-10-35(21)22/h5-7,10,15-16,18-19H,8-9,11-14,17H2,1-4H3,(H,31,36). The number of carbonyl (C=O) groups excluding carboxylic acids is 1. The average Bonchev–Trinajstić information content (AvgIpc) is 3.31. The number of hydrogen-bond acceptors (Lipinski definition) is 7. The summed E-state index contributed by atoms with van der Waals surface area (Å²) in [6, 6.07) is 6.34. The van der Waals surface area contributed by atoms with Crippen LogP contribution in [0.3, 0.4) is 0 Å². The molecule has 2 aliphatic rings. The number of pyridine rings is 1. The molecule has 1 N–H and O–H groups in total. The second-order valence-electron chi connectivity index (χ2n) is 10.6. The largest absolute Gasteiger partial charge is 0.355 e. The number of rotatable bonds is 5. The molecule has 0 saturated carbocycles. The van der Waals surface area contributed by atoms with Crippen LogP contribution in [0.2, 0.25) is 5.02 Å². The monoisotopic (exact) mass is 510 g/mol. The van der Waals surface area contributed by atoms with Gasteiger partial charge >= 0.3 is 0 Å². The number of nitrogens with zero attached hydrogens (tertiary/aromatic N) is 7. The van der Waals surface area contributed by atoms with E-state index in [2.05, 4.69) is 44.0 Å². The molecule has 5 heterocycles. The number of halogens is 1. The van der Waals surface area contributed by atoms with Crippen molar-refractivity contribution in [1.82, 2.24) is 29.6 Å². The van der Waals surface area contributed by atoms with E-state index in [1.165, 1.54) is 0 Å². The quantitative estimate of drug-likeness (QED) is 0.564. The van der Waals surface area contributed by atoms with E-state index in [4.69, 9.17) is 16.6 Å². The molecule has 0 bridgehead atoms. The molecule has 3 aromatic rings. The van der Waals surface area contributed by atoms with Crippen molar-refractivity contribution in [3.05, 3.63) is 47.5 Å². The van der Waals surface area contributed by atoms with Crippen LogP contribution >= 0.6 is 11.6 Å². The lowest BCUT2D eigenvalue weighted by Gasteiger charge is -2.38. The molecule has 192 valence electrons. The lowest BCUT2D eigenvalue weighted by Crippen LogP contribution is -2.50. The molecule has 1 unspecified atom stereocenters. The Hall–Kier alpha value is -2.91. The van der Waals surface area contributed by atoms with Crippen molar-refractivity contribution in [2.24, 2.45) is 5.92 Å². The van der Waals surface area contributed by atoms with Gasteiger partial charge < -0.3 is 24.4 Å². The highest BCUT2D eigenvalue weighted by atomic mass is 35.5. The van der Waals surface area contributed by atoms with E-state index in [1.807, 2.05) is 48.8 Å². The fraction of sp³-hybridized carbons (Fsp3) is 0.538. The van der Waals surface area contributed by atoms with Crippen molar-refractivity contribution in [1.29, 1.82) is 0 Å². The van der Waals surface area contributed by atoms with Gasteiger partial charge in [-0.25, -0.2) is 9.97 Å². The maximum absolute atomic E-state index is 13.3. The third kappa shape index (κ3) is 4.86. The molecule has 5 rings (SSSR count). The number of imidazole rings is 1. The number of likely N-dealkylation sites (N-methyl/N-ethyl adjacent to an activating group) is 1. The normalized spacial score (nSPS) is 20.2. The Labute approximate surface area is 217 Å². The predicted octanol–water partition coefficient (Wildman–Crippen LogP) is 3.19. The molecular weight excluding hydrogens is 476 g/mol. The number of piperazine rings is 1. The van der Waals surface area contributed by atoms with Gasteiger partial charge in [0.2, 0.25) is 11.9 Å². The summed E-state index contributed by atoms with van der Waals surface area (Å²) < 4.78 is 2.03. The summed E-state index contributed by atoms with van der Waals surface area (Å²) in [4.78, 5) is 33.9. The second kappa shape index (κ2) is 9.86. The van der Waals surface area contributed by atoms with Gasteiger partial charge in [-0.05, 0) is 52.8 Å². The maximum atomic E-state index is 13.3. The number of amides is 1. The van der Waals surface area contributed by atoms with Gasteiger partial charge in [-0.15, -0.1) is 0 Å². The van der Waals surface area contributed by atoms with Crippen LogP contribution in [0.4, 0.5) is 11.8 Å². The number of piperidine rings is 1. The van der Waals surface area contributed by atoms with E-state index in [0.29, 0.717) is 11.1 Å². The van der Waals surface area contributed by atoms with Gasteiger partial charge in [0.1, 0.15) is 10.7 Å². The number of nitrogens with one attached hydrogen (secondary N) is 1. The zero-order chi connectivity index (χ0) is 25.4. The van der Waals surface area contributed by atoms with Crippen molar-refractivity contribution < 1.29 is 4.79 Å². The SMILES string of the molecule is CC1CN(c2ncc(Cl)c(N3CCC(C(=O)NC(C)(C)c4cnc5ccccn45)CC3)n2)CCN1C. The van der Waals surface area contributed by atoms with E-state index in [-0.39, 0.29) is 11.8 Å². The van der Waals surface area contributed by atoms with Crippen LogP contribution in [0.1, 0.15) is 39.3 Å². The van der Waals surface area contributed by atoms with Gasteiger partial charge in [-0.1, -0.05) is 17.7 Å². The van der Waals surface area contributed by atoms with Crippen molar-refractivity contribution in [3.63, 3.8) is 0 Å². The molecule has 0 aliphatic carbocycles. The van der Waals surface area contributed by atoms with E-state index in [0.717, 1.165) is 68.7 Å². The van der Waals surface area contributed by atoms with Gasteiger partial charge in [-0.3, -0.25) is 4.79 Å². The lowest BCUT2D eigenvalue weighted by molar-refractivity contribution is -0.127. The fourth-order valence-electron chi connectivity index (χ4n) is 5.18. The van der Waals surface area contributed by atoms with Gasteiger partial charge in [0, 0.05) is 50.9 Å². The van der Waals surface area contributed by atoms with E-state index in [1.54, 1.807) is 6.20 Å². The van der Waals surface area contributed by atoms with Gasteiger partial charge in [-0.2, -0.15) is 4.98 Å². The Morgan fingerprint density at radius 2 is 1.86 bits per heavy atom. The Bertz CT molecular complexity index is 1240. The topological polar surface area (TPSA) is 81.9 Å². The van der Waals surface area contributed by atoms with Crippen molar-refractivity contribution in [3.8, 4) is 0 Å². The zero-order valence-electron chi connectivity index (χ0n) is 21.5. The molecule has 9 nitrogen and oxygen atoms in total. The minimum atomic E-state index is -0.542. The number of fused-ring (bicyclic) bond motifs is 1. The van der Waals surface area contributed by atoms with Gasteiger partial charge in [0.15, 0.2) is 5.82 Å². The Balaban J connectivity index is 1.23. The highest BCUT2D eigenvalue weighted by Gasteiger charge is 2.33. The first kappa shape index (κ1) is 24.8. The van der Waals surface area contributed by atoms with Gasteiger partial charge in [0.25, 0.3) is 0 Å². The predicted molar refractivity (Wildman–Crippen MR) is 143 cm³/mol. The van der Waals surface area contributed by atoms with Crippen LogP contribution < -0.4 is 15.1 Å². The first-order valence-corrected chi connectivity index (χ1v) is 13.1. The number of hydrogen-bond donors (Lipinski definition) is 1. The molecule has 1 amide bonds. The van der Waals surface area contributed by atoms with Crippen molar-refractivity contribution in [2.45, 2.75) is 45.2 Å². The fourth-order valence-corrected chi connectivity index (χ4v) is 5.39. The third-order valence-corrected chi connectivity index (χ3v) is 7.88. The van der Waals surface area contributed by atoms with E-state index in [9.17, 15) is 4.79 Å². The second-order valence-corrected chi connectivity index (χ2v) is 11.0. The highest BCUT2D eigenvalue weighted by Crippen LogP contribution is 2.30. The molecule has 0 radical (unpaired) electrons. The van der Waals surface area contributed by atoms with Crippen LogP contribution in [-0.4, -0.2) is 76.0 Å². The summed E-state index contributed by atoms with van der Waals surface area (Å²) in [5.74, 6) is 1.51. The minimum Gasteiger partial charge on any atom is -0.355 e. The summed E-state index contributed by atoms with van der Waals surface area (Å²) in [6.07, 6.45) is 7.02. The van der Waals surface area contributed by atoms with E-state index < -0.39 is 5.54 Å². The molecule has 36 heavy (non-hydrogen) atoms. The Morgan fingerprint density at radius 1 is 1.08 bits per heavy atom. The minimum absolute atomic E-state index is 0.0572.